The first-order valence-electron chi connectivity index (χ1n) is 11.5. The molecule has 1 atom stereocenters. The molecular weight excluding hydrogens is 422 g/mol. The van der Waals surface area contributed by atoms with E-state index in [0.717, 1.165) is 48.0 Å². The first-order chi connectivity index (χ1) is 15.5. The summed E-state index contributed by atoms with van der Waals surface area (Å²) >= 11 is 1.66. The first-order valence-corrected chi connectivity index (χ1v) is 12.4. The number of hydrogen-bond donors (Lipinski definition) is 2. The summed E-state index contributed by atoms with van der Waals surface area (Å²) in [6.07, 6.45) is 3.57. The van der Waals surface area contributed by atoms with Crippen molar-refractivity contribution in [2.24, 2.45) is 5.92 Å². The number of aromatic amines is 1. The van der Waals surface area contributed by atoms with Gasteiger partial charge in [-0.1, -0.05) is 44.2 Å². The predicted molar refractivity (Wildman–Crippen MR) is 129 cm³/mol. The Morgan fingerprint density at radius 2 is 2.06 bits per heavy atom. The SMILES string of the molecule is CC(C)CCN(Cc1nc2sc3c(c2c(=O)[nH]1)CCC3)C[C@H](O)COCc1ccccc1. The number of aliphatic hydroxyl groups excluding tert-OH is 1. The topological polar surface area (TPSA) is 78.5 Å². The minimum absolute atomic E-state index is 0.0278. The zero-order valence-corrected chi connectivity index (χ0v) is 19.8. The molecule has 2 aromatic heterocycles. The van der Waals surface area contributed by atoms with Crippen molar-refractivity contribution in [3.05, 3.63) is 62.5 Å². The lowest BCUT2D eigenvalue weighted by atomic mass is 10.1. The Bertz CT molecular complexity index is 1080. The molecule has 2 N–H and O–H groups in total. The lowest BCUT2D eigenvalue weighted by Crippen LogP contribution is -2.36. The molecule has 0 saturated carbocycles. The standard InChI is InChI=1S/C25H33N3O3S/c1-17(2)11-12-28(13-19(29)16-31-15-18-7-4-3-5-8-18)14-22-26-24(30)23-20-9-6-10-21(20)32-25(23)27-22/h3-5,7-8,17,19,29H,6,9-16H2,1-2H3,(H,26,27,30)/t19-/m0/s1. The van der Waals surface area contributed by atoms with Gasteiger partial charge in [0.05, 0.1) is 31.2 Å². The van der Waals surface area contributed by atoms with E-state index in [2.05, 4.69) is 23.7 Å². The Morgan fingerprint density at radius 3 is 2.84 bits per heavy atom. The van der Waals surface area contributed by atoms with Gasteiger partial charge in [0, 0.05) is 11.4 Å². The van der Waals surface area contributed by atoms with E-state index in [9.17, 15) is 9.90 Å². The third-order valence-corrected chi connectivity index (χ3v) is 7.10. The van der Waals surface area contributed by atoms with Crippen molar-refractivity contribution in [3.63, 3.8) is 0 Å². The van der Waals surface area contributed by atoms with Gasteiger partial charge in [-0.15, -0.1) is 11.3 Å². The maximum absolute atomic E-state index is 12.8. The molecule has 0 amide bonds. The van der Waals surface area contributed by atoms with Crippen molar-refractivity contribution in [2.45, 2.75) is 58.8 Å². The van der Waals surface area contributed by atoms with Gasteiger partial charge in [-0.25, -0.2) is 4.98 Å². The molecule has 0 bridgehead atoms. The van der Waals surface area contributed by atoms with E-state index in [-0.39, 0.29) is 12.2 Å². The van der Waals surface area contributed by atoms with E-state index in [0.29, 0.717) is 31.4 Å². The molecule has 7 heteroatoms. The van der Waals surface area contributed by atoms with Crippen LogP contribution >= 0.6 is 11.3 Å². The minimum Gasteiger partial charge on any atom is -0.389 e. The number of aromatic nitrogens is 2. The number of rotatable bonds is 11. The van der Waals surface area contributed by atoms with E-state index in [4.69, 9.17) is 9.72 Å². The molecule has 4 rings (SSSR count). The van der Waals surface area contributed by atoms with E-state index >= 15 is 0 Å². The molecule has 1 aliphatic rings. The van der Waals surface area contributed by atoms with Crippen LogP contribution in [-0.4, -0.2) is 45.8 Å². The zero-order valence-electron chi connectivity index (χ0n) is 19.0. The third-order valence-electron chi connectivity index (χ3n) is 5.91. The van der Waals surface area contributed by atoms with Gasteiger partial charge in [0.2, 0.25) is 0 Å². The Morgan fingerprint density at radius 1 is 1.25 bits per heavy atom. The summed E-state index contributed by atoms with van der Waals surface area (Å²) in [5.74, 6) is 1.22. The summed E-state index contributed by atoms with van der Waals surface area (Å²) in [6.45, 7) is 6.95. The molecule has 172 valence electrons. The van der Waals surface area contributed by atoms with Crippen LogP contribution in [0.25, 0.3) is 10.2 Å². The number of fused-ring (bicyclic) bond motifs is 3. The Kier molecular flexibility index (Phi) is 7.73. The fourth-order valence-corrected chi connectivity index (χ4v) is 5.53. The highest BCUT2D eigenvalue weighted by molar-refractivity contribution is 7.18. The molecule has 0 spiro atoms. The van der Waals surface area contributed by atoms with Gasteiger partial charge in [-0.05, 0) is 49.3 Å². The molecule has 0 unspecified atom stereocenters. The number of nitrogens with one attached hydrogen (secondary N) is 1. The van der Waals surface area contributed by atoms with E-state index in [1.165, 1.54) is 10.4 Å². The van der Waals surface area contributed by atoms with Crippen molar-refractivity contribution < 1.29 is 9.84 Å². The van der Waals surface area contributed by atoms with Gasteiger partial charge < -0.3 is 14.8 Å². The molecule has 1 aliphatic carbocycles. The largest absolute Gasteiger partial charge is 0.389 e. The van der Waals surface area contributed by atoms with Crippen LogP contribution < -0.4 is 5.56 Å². The van der Waals surface area contributed by atoms with E-state index in [1.54, 1.807) is 11.3 Å². The third kappa shape index (κ3) is 5.84. The monoisotopic (exact) mass is 455 g/mol. The highest BCUT2D eigenvalue weighted by Crippen LogP contribution is 2.34. The molecular formula is C25H33N3O3S. The van der Waals surface area contributed by atoms with E-state index in [1.807, 2.05) is 30.3 Å². The van der Waals surface area contributed by atoms with Gasteiger partial charge in [-0.2, -0.15) is 0 Å². The number of aryl methyl sites for hydroxylation is 2. The van der Waals surface area contributed by atoms with E-state index < -0.39 is 6.10 Å². The number of H-pyrrole nitrogens is 1. The first kappa shape index (κ1) is 23.1. The van der Waals surface area contributed by atoms with Gasteiger partial charge >= 0.3 is 0 Å². The van der Waals surface area contributed by atoms with Crippen LogP contribution in [0.2, 0.25) is 0 Å². The molecule has 6 nitrogen and oxygen atoms in total. The summed E-state index contributed by atoms with van der Waals surface area (Å²) in [5.41, 5.74) is 2.27. The molecule has 32 heavy (non-hydrogen) atoms. The predicted octanol–water partition coefficient (Wildman–Crippen LogP) is 3.90. The summed E-state index contributed by atoms with van der Waals surface area (Å²) in [5, 5.41) is 11.4. The normalized spacial score (nSPS) is 14.5. The van der Waals surface area contributed by atoms with Crippen LogP contribution in [0.3, 0.4) is 0 Å². The molecule has 2 heterocycles. The summed E-state index contributed by atoms with van der Waals surface area (Å²) < 4.78 is 5.72. The lowest BCUT2D eigenvalue weighted by Gasteiger charge is -2.25. The summed E-state index contributed by atoms with van der Waals surface area (Å²) in [7, 11) is 0. The maximum Gasteiger partial charge on any atom is 0.259 e. The fourth-order valence-electron chi connectivity index (χ4n) is 4.25. The minimum atomic E-state index is -0.605. The second-order valence-electron chi connectivity index (χ2n) is 9.12. The van der Waals surface area contributed by atoms with Crippen LogP contribution in [0, 0.1) is 5.92 Å². The molecule has 1 aromatic carbocycles. The number of aliphatic hydroxyl groups is 1. The Labute approximate surface area is 193 Å². The van der Waals surface area contributed by atoms with Crippen LogP contribution in [0.4, 0.5) is 0 Å². The average molecular weight is 456 g/mol. The van der Waals surface area contributed by atoms with Gasteiger partial charge in [0.15, 0.2) is 0 Å². The van der Waals surface area contributed by atoms with Crippen molar-refractivity contribution in [1.82, 2.24) is 14.9 Å². The molecule has 0 fully saturated rings. The second kappa shape index (κ2) is 10.7. The quantitative estimate of drug-likeness (QED) is 0.459. The molecule has 0 radical (unpaired) electrons. The van der Waals surface area contributed by atoms with Crippen LogP contribution in [-0.2, 0) is 30.7 Å². The second-order valence-corrected chi connectivity index (χ2v) is 10.2. The van der Waals surface area contributed by atoms with Crippen LogP contribution in [0.5, 0.6) is 0 Å². The summed E-state index contributed by atoms with van der Waals surface area (Å²) in [6, 6.07) is 9.97. The maximum atomic E-state index is 12.8. The van der Waals surface area contributed by atoms with Crippen molar-refractivity contribution in [1.29, 1.82) is 0 Å². The van der Waals surface area contributed by atoms with Gasteiger partial charge in [0.1, 0.15) is 10.7 Å². The summed E-state index contributed by atoms with van der Waals surface area (Å²) in [4.78, 5) is 24.9. The highest BCUT2D eigenvalue weighted by atomic mass is 32.1. The molecule has 3 aromatic rings. The number of benzene rings is 1. The number of thiophene rings is 1. The Hall–Kier alpha value is -2.06. The smallest absolute Gasteiger partial charge is 0.259 e. The van der Waals surface area contributed by atoms with Crippen LogP contribution in [0.15, 0.2) is 35.1 Å². The molecule has 0 saturated heterocycles. The van der Waals surface area contributed by atoms with Crippen LogP contribution in [0.1, 0.15) is 48.5 Å². The fraction of sp³-hybridized carbons (Fsp3) is 0.520. The number of ether oxygens (including phenoxy) is 1. The zero-order chi connectivity index (χ0) is 22.5. The average Bonchev–Trinajstić information content (AvgIpc) is 3.33. The Balaban J connectivity index is 1.40. The van der Waals surface area contributed by atoms with Crippen molar-refractivity contribution in [2.75, 3.05) is 19.7 Å². The van der Waals surface area contributed by atoms with Crippen molar-refractivity contribution >= 4 is 21.6 Å². The van der Waals surface area contributed by atoms with Gasteiger partial charge in [0.25, 0.3) is 5.56 Å². The lowest BCUT2D eigenvalue weighted by molar-refractivity contribution is 0.00751. The molecule has 0 aliphatic heterocycles. The number of nitrogens with zero attached hydrogens (tertiary/aromatic N) is 2. The van der Waals surface area contributed by atoms with Gasteiger partial charge in [-0.3, -0.25) is 9.69 Å². The highest BCUT2D eigenvalue weighted by Gasteiger charge is 2.22. The van der Waals surface area contributed by atoms with Crippen molar-refractivity contribution in [3.8, 4) is 0 Å². The number of hydrogen-bond acceptors (Lipinski definition) is 6.